The van der Waals surface area contributed by atoms with Gasteiger partial charge in [-0.15, -0.1) is 0 Å². The first kappa shape index (κ1) is 7.49. The maximum Gasteiger partial charge on any atom is -1.00 e. The topological polar surface area (TPSA) is 0 Å². The Labute approximate surface area is 81.9 Å². The molecule has 2 aliphatic rings. The molecule has 58 valence electrons. The van der Waals surface area contributed by atoms with Crippen molar-refractivity contribution >= 4 is 0 Å². The predicted molar refractivity (Wildman–Crippen MR) is 45.9 cm³/mol. The molecule has 0 aromatic rings. The van der Waals surface area contributed by atoms with Gasteiger partial charge in [-0.2, -0.15) is 0 Å². The third-order valence-corrected chi connectivity index (χ3v) is 5.27. The second kappa shape index (κ2) is 3.49. The quantitative estimate of drug-likeness (QED) is 0.675. The molecule has 0 aromatic carbocycles. The summed E-state index contributed by atoms with van der Waals surface area (Å²) in [6.07, 6.45) is 16.0. The molecule has 0 spiro atoms. The van der Waals surface area contributed by atoms with Gasteiger partial charge < -0.3 is 2.85 Å². The van der Waals surface area contributed by atoms with Crippen LogP contribution in [0.15, 0.2) is 43.0 Å². The molecule has 0 saturated heterocycles. The first-order valence-corrected chi connectivity index (χ1v) is 6.39. The molecule has 0 atom stereocenters. The number of hydrogen-bond donors (Lipinski definition) is 0. The van der Waals surface area contributed by atoms with E-state index in [9.17, 15) is 0 Å². The zero-order chi connectivity index (χ0) is 7.52. The minimum Gasteiger partial charge on any atom is -1.00 e. The summed E-state index contributed by atoms with van der Waals surface area (Å²) < 4.78 is 3.45. The first-order chi connectivity index (χ1) is 5.45. The zero-order valence-corrected chi connectivity index (χ0v) is 8.84. The number of hydrogen-bond acceptors (Lipinski definition) is 0. The van der Waals surface area contributed by atoms with Crippen LogP contribution < -0.4 is 0 Å². The van der Waals surface area contributed by atoms with Crippen molar-refractivity contribution in [2.75, 3.05) is 0 Å². The van der Waals surface area contributed by atoms with Gasteiger partial charge in [0.05, 0.1) is 0 Å². The molecule has 0 radical (unpaired) electrons. The van der Waals surface area contributed by atoms with Crippen LogP contribution in [0.25, 0.3) is 0 Å². The number of rotatable bonds is 2. The fraction of sp³-hybridized carbons (Fsp3) is 0.200. The van der Waals surface area contributed by atoms with Crippen LogP contribution in [0.4, 0.5) is 0 Å². The minimum absolute atomic E-state index is 0. The van der Waals surface area contributed by atoms with E-state index in [2.05, 4.69) is 36.5 Å². The smallest absolute Gasteiger partial charge is 1.00 e. The van der Waals surface area contributed by atoms with Crippen molar-refractivity contribution in [2.45, 2.75) is 12.8 Å². The molecule has 1 heteroatoms. The Kier molecular flexibility index (Phi) is 2.38. The third-order valence-electron chi connectivity index (χ3n) is 1.86. The zero-order valence-electron chi connectivity index (χ0n) is 8.38. The van der Waals surface area contributed by atoms with Crippen LogP contribution in [0.2, 0.25) is 0 Å². The molecule has 0 heterocycles. The van der Waals surface area contributed by atoms with E-state index in [0.29, 0.717) is 0 Å². The summed E-state index contributed by atoms with van der Waals surface area (Å²) in [6, 6.07) is 0. The fourth-order valence-corrected chi connectivity index (χ4v) is 4.26. The molecule has 0 amide bonds. The van der Waals surface area contributed by atoms with Gasteiger partial charge in [0.2, 0.25) is 0 Å². The van der Waals surface area contributed by atoms with E-state index >= 15 is 0 Å². The fourth-order valence-electron chi connectivity index (χ4n) is 1.29. The van der Waals surface area contributed by atoms with E-state index < -0.39 is 0 Å². The second-order valence-electron chi connectivity index (χ2n) is 2.77. The van der Waals surface area contributed by atoms with Gasteiger partial charge in [-0.25, -0.2) is 0 Å². The van der Waals surface area contributed by atoms with Crippen LogP contribution in [0.5, 0.6) is 0 Å². The van der Waals surface area contributed by atoms with Crippen LogP contribution in [0.3, 0.4) is 0 Å². The second-order valence-corrected chi connectivity index (χ2v) is 6.55. The van der Waals surface area contributed by atoms with Crippen molar-refractivity contribution < 1.29 is 26.1 Å². The Balaban J connectivity index is 0.000000720. The van der Waals surface area contributed by atoms with Crippen LogP contribution >= 0.6 is 0 Å². The Hall–Kier alpha value is -0.157. The van der Waals surface area contributed by atoms with Gasteiger partial charge in [0.25, 0.3) is 0 Å². The van der Waals surface area contributed by atoms with E-state index in [0.717, 1.165) is 0 Å². The molecule has 0 saturated carbocycles. The maximum absolute atomic E-state index is 2.31. The third kappa shape index (κ3) is 1.90. The van der Waals surface area contributed by atoms with Crippen molar-refractivity contribution in [1.82, 2.24) is 0 Å². The van der Waals surface area contributed by atoms with E-state index in [4.69, 9.17) is 0 Å². The summed E-state index contributed by atoms with van der Waals surface area (Å²) in [6.45, 7) is 0. The minimum atomic E-state index is -0.312. The molecule has 0 aromatic heterocycles. The molecule has 0 bridgehead atoms. The van der Waals surface area contributed by atoms with Crippen molar-refractivity contribution in [3.8, 4) is 0 Å². The predicted octanol–water partition coefficient (Wildman–Crippen LogP) is 2.98. The van der Waals surface area contributed by atoms with E-state index in [-0.39, 0.29) is 26.1 Å². The van der Waals surface area contributed by atoms with Crippen LogP contribution in [-0.2, 0) is 23.2 Å². The van der Waals surface area contributed by atoms with Crippen LogP contribution in [0.1, 0.15) is 15.7 Å². The summed E-state index contributed by atoms with van der Waals surface area (Å²) >= 11 is -0.312. The summed E-state index contributed by atoms with van der Waals surface area (Å²) in [4.78, 5) is 0. The van der Waals surface area contributed by atoms with Gasteiger partial charge in [0.15, 0.2) is 0 Å². The van der Waals surface area contributed by atoms with Crippen LogP contribution in [-0.4, -0.2) is 0 Å². The monoisotopic (exact) mass is 222 g/mol. The Morgan fingerprint density at radius 3 is 1.91 bits per heavy atom. The van der Waals surface area contributed by atoms with Crippen molar-refractivity contribution in [3.05, 3.63) is 43.0 Å². The van der Waals surface area contributed by atoms with E-state index in [1.807, 2.05) is 0 Å². The van der Waals surface area contributed by atoms with Gasteiger partial charge in [0, 0.05) is 0 Å². The standard InChI is InChI=1S/2C5H5.Zr.2H/c2*1-2-4-5-3-1;;;/h2*1-3H,4H2;;;/q;;;2*-1. The van der Waals surface area contributed by atoms with E-state index in [1.165, 1.54) is 12.8 Å². The van der Waals surface area contributed by atoms with Gasteiger partial charge in [-0.3, -0.25) is 0 Å². The Morgan fingerprint density at radius 2 is 1.55 bits per heavy atom. The molecule has 11 heavy (non-hydrogen) atoms. The average molecular weight is 223 g/mol. The van der Waals surface area contributed by atoms with Crippen molar-refractivity contribution in [2.24, 2.45) is 0 Å². The van der Waals surface area contributed by atoms with Gasteiger partial charge >= 0.3 is 79.1 Å². The largest absolute Gasteiger partial charge is 1.00 e. The summed E-state index contributed by atoms with van der Waals surface area (Å²) in [7, 11) is 0. The molecule has 0 fully saturated rings. The van der Waals surface area contributed by atoms with E-state index in [1.54, 1.807) is 6.56 Å². The van der Waals surface area contributed by atoms with Gasteiger partial charge in [-0.05, 0) is 0 Å². The summed E-state index contributed by atoms with van der Waals surface area (Å²) in [5, 5.41) is 0. The van der Waals surface area contributed by atoms with Gasteiger partial charge in [-0.1, -0.05) is 0 Å². The summed E-state index contributed by atoms with van der Waals surface area (Å²) in [5.74, 6) is 0. The first-order valence-electron chi connectivity index (χ1n) is 3.93. The molecule has 0 unspecified atom stereocenters. The summed E-state index contributed by atoms with van der Waals surface area (Å²) in [5.41, 5.74) is 0. The Morgan fingerprint density at radius 1 is 1.00 bits per heavy atom. The molecule has 0 N–H and O–H groups in total. The molecule has 0 nitrogen and oxygen atoms in total. The molecular formula is C10H12Zr-2. The maximum atomic E-state index is 2.31. The van der Waals surface area contributed by atoms with Crippen LogP contribution in [0, 0.1) is 0 Å². The van der Waals surface area contributed by atoms with Crippen molar-refractivity contribution in [1.29, 1.82) is 0 Å². The molecule has 2 rings (SSSR count). The molecular weight excluding hydrogens is 211 g/mol. The van der Waals surface area contributed by atoms with Crippen molar-refractivity contribution in [3.63, 3.8) is 0 Å². The Bertz CT molecular complexity index is 247. The SMILES string of the molecule is C1=CC[C]([Zr][C]2=CC=CC2)=C1.[H-].[H-]. The molecule has 0 aliphatic heterocycles. The molecule has 2 aliphatic carbocycles. The van der Waals surface area contributed by atoms with Gasteiger partial charge in [0.1, 0.15) is 0 Å². The number of allylic oxidation sites excluding steroid dienone is 8. The normalized spacial score (nSPS) is 20.4. The average Bonchev–Trinajstić information content (AvgIpc) is 2.60.